The van der Waals surface area contributed by atoms with Gasteiger partial charge in [0.25, 0.3) is 0 Å². The highest BCUT2D eigenvalue weighted by atomic mass is 19.4. The molecule has 2 amide bonds. The zero-order valence-electron chi connectivity index (χ0n) is 18.0. The van der Waals surface area contributed by atoms with Crippen molar-refractivity contribution in [2.75, 3.05) is 0 Å². The van der Waals surface area contributed by atoms with Crippen LogP contribution in [0.15, 0.2) is 78.9 Å². The van der Waals surface area contributed by atoms with E-state index in [-0.39, 0.29) is 16.9 Å². The van der Waals surface area contributed by atoms with Crippen LogP contribution in [0, 0.1) is 12.8 Å². The summed E-state index contributed by atoms with van der Waals surface area (Å²) in [7, 11) is 0. The van der Waals surface area contributed by atoms with Gasteiger partial charge in [-0.25, -0.2) is 4.79 Å². The molecule has 3 aromatic carbocycles. The lowest BCUT2D eigenvalue weighted by atomic mass is 9.77. The molecule has 3 N–H and O–H groups in total. The zero-order valence-corrected chi connectivity index (χ0v) is 18.0. The molecule has 0 aliphatic carbocycles. The van der Waals surface area contributed by atoms with Crippen LogP contribution in [-0.2, 0) is 0 Å². The van der Waals surface area contributed by atoms with Gasteiger partial charge < -0.3 is 20.5 Å². The van der Waals surface area contributed by atoms with Crippen molar-refractivity contribution in [3.8, 4) is 11.5 Å². The number of aryl methyl sites for hydroxylation is 1. The summed E-state index contributed by atoms with van der Waals surface area (Å²) >= 11 is 0. The SMILES string of the molecule is Cc1ccc(C(=O)C2C(c3cccc(Oc4ccccc4)c3)NC(=O)NC2(O)C(F)(F)F)cc1. The van der Waals surface area contributed by atoms with Gasteiger partial charge >= 0.3 is 12.2 Å². The maximum absolute atomic E-state index is 14.1. The molecular formula is C25H21F3N2O4. The maximum Gasteiger partial charge on any atom is 0.437 e. The zero-order chi connectivity index (χ0) is 24.5. The van der Waals surface area contributed by atoms with Crippen molar-refractivity contribution in [3.63, 3.8) is 0 Å². The Hall–Kier alpha value is -3.85. The molecule has 0 radical (unpaired) electrons. The molecule has 1 heterocycles. The van der Waals surface area contributed by atoms with Crippen molar-refractivity contribution in [1.29, 1.82) is 0 Å². The number of alkyl halides is 3. The van der Waals surface area contributed by atoms with Crippen molar-refractivity contribution < 1.29 is 32.6 Å². The van der Waals surface area contributed by atoms with Crippen LogP contribution in [0.1, 0.15) is 27.5 Å². The molecule has 0 bridgehead atoms. The van der Waals surface area contributed by atoms with Gasteiger partial charge in [0, 0.05) is 5.56 Å². The van der Waals surface area contributed by atoms with Crippen LogP contribution in [0.2, 0.25) is 0 Å². The molecule has 4 rings (SSSR count). The molecule has 0 spiro atoms. The van der Waals surface area contributed by atoms with Crippen molar-refractivity contribution in [2.45, 2.75) is 24.9 Å². The number of ether oxygens (including phenoxy) is 1. The lowest BCUT2D eigenvalue weighted by Crippen LogP contribution is -2.72. The number of amides is 2. The van der Waals surface area contributed by atoms with Gasteiger partial charge in [0.2, 0.25) is 5.72 Å². The molecule has 0 saturated carbocycles. The Morgan fingerprint density at radius 2 is 1.62 bits per heavy atom. The van der Waals surface area contributed by atoms with Crippen LogP contribution in [0.3, 0.4) is 0 Å². The van der Waals surface area contributed by atoms with E-state index in [1.807, 2.05) is 0 Å². The molecule has 34 heavy (non-hydrogen) atoms. The number of ketones is 1. The number of aliphatic hydroxyl groups is 1. The van der Waals surface area contributed by atoms with Crippen LogP contribution < -0.4 is 15.4 Å². The van der Waals surface area contributed by atoms with Crippen LogP contribution in [0.5, 0.6) is 11.5 Å². The van der Waals surface area contributed by atoms with Gasteiger partial charge in [0.1, 0.15) is 17.4 Å². The predicted octanol–water partition coefficient (Wildman–Crippen LogP) is 4.89. The van der Waals surface area contributed by atoms with Crippen LogP contribution in [0.4, 0.5) is 18.0 Å². The Bertz CT molecular complexity index is 1200. The number of rotatable bonds is 5. The predicted molar refractivity (Wildman–Crippen MR) is 117 cm³/mol. The van der Waals surface area contributed by atoms with Gasteiger partial charge in [0.05, 0.1) is 6.04 Å². The molecule has 1 saturated heterocycles. The van der Waals surface area contributed by atoms with Crippen LogP contribution in [-0.4, -0.2) is 28.8 Å². The summed E-state index contributed by atoms with van der Waals surface area (Å²) in [6, 6.07) is 17.9. The number of carbonyl (C=O) groups is 2. The van der Waals surface area contributed by atoms with Crippen LogP contribution >= 0.6 is 0 Å². The Kier molecular flexibility index (Phi) is 6.05. The van der Waals surface area contributed by atoms with Gasteiger partial charge in [-0.05, 0) is 36.8 Å². The van der Waals surface area contributed by atoms with Crippen LogP contribution in [0.25, 0.3) is 0 Å². The van der Waals surface area contributed by atoms with E-state index in [1.54, 1.807) is 55.5 Å². The fourth-order valence-corrected chi connectivity index (χ4v) is 3.91. The molecule has 176 valence electrons. The van der Waals surface area contributed by atoms with E-state index in [0.717, 1.165) is 5.56 Å². The highest BCUT2D eigenvalue weighted by Crippen LogP contribution is 2.44. The third-order valence-corrected chi connectivity index (χ3v) is 5.62. The first-order valence-corrected chi connectivity index (χ1v) is 10.4. The highest BCUT2D eigenvalue weighted by molar-refractivity contribution is 6.00. The number of hydrogen-bond acceptors (Lipinski definition) is 4. The van der Waals surface area contributed by atoms with Gasteiger partial charge in [0.15, 0.2) is 5.78 Å². The van der Waals surface area contributed by atoms with E-state index in [4.69, 9.17) is 4.74 Å². The topological polar surface area (TPSA) is 87.7 Å². The molecule has 0 aromatic heterocycles. The lowest BCUT2D eigenvalue weighted by Gasteiger charge is -2.45. The van der Waals surface area contributed by atoms with Crippen molar-refractivity contribution in [3.05, 3.63) is 95.6 Å². The van der Waals surface area contributed by atoms with E-state index in [1.165, 1.54) is 35.6 Å². The fourth-order valence-electron chi connectivity index (χ4n) is 3.91. The summed E-state index contributed by atoms with van der Waals surface area (Å²) in [4.78, 5) is 25.6. The summed E-state index contributed by atoms with van der Waals surface area (Å²) in [5.74, 6) is -2.31. The number of urea groups is 1. The third kappa shape index (κ3) is 4.47. The second-order valence-corrected chi connectivity index (χ2v) is 8.04. The second kappa shape index (κ2) is 8.83. The molecule has 3 aromatic rings. The van der Waals surface area contributed by atoms with Gasteiger partial charge in [-0.1, -0.05) is 60.2 Å². The average molecular weight is 470 g/mol. The van der Waals surface area contributed by atoms with E-state index in [0.29, 0.717) is 5.75 Å². The highest BCUT2D eigenvalue weighted by Gasteiger charge is 2.66. The Morgan fingerprint density at radius 1 is 0.971 bits per heavy atom. The van der Waals surface area contributed by atoms with Gasteiger partial charge in [-0.3, -0.25) is 4.79 Å². The first-order valence-electron chi connectivity index (χ1n) is 10.4. The van der Waals surface area contributed by atoms with Crippen molar-refractivity contribution >= 4 is 11.8 Å². The summed E-state index contributed by atoms with van der Waals surface area (Å²) < 4.78 is 48.0. The maximum atomic E-state index is 14.1. The van der Waals surface area contributed by atoms with E-state index in [9.17, 15) is 27.9 Å². The number of carbonyl (C=O) groups excluding carboxylic acids is 2. The summed E-state index contributed by atoms with van der Waals surface area (Å²) in [6.45, 7) is 1.77. The Labute approximate surface area is 193 Å². The van der Waals surface area contributed by atoms with Crippen molar-refractivity contribution in [1.82, 2.24) is 10.6 Å². The molecule has 6 nitrogen and oxygen atoms in total. The molecule has 1 aliphatic rings. The fraction of sp³-hybridized carbons (Fsp3) is 0.200. The smallest absolute Gasteiger partial charge is 0.437 e. The minimum absolute atomic E-state index is 0.0297. The van der Waals surface area contributed by atoms with Gasteiger partial charge in [-0.2, -0.15) is 13.2 Å². The summed E-state index contributed by atoms with van der Waals surface area (Å²) in [5, 5.41) is 14.6. The number of halogens is 3. The number of Topliss-reactive ketones (excluding diaryl/α,β-unsaturated/α-hetero) is 1. The number of para-hydroxylation sites is 1. The Morgan fingerprint density at radius 3 is 2.26 bits per heavy atom. The monoisotopic (exact) mass is 470 g/mol. The largest absolute Gasteiger partial charge is 0.457 e. The Balaban J connectivity index is 1.78. The molecule has 9 heteroatoms. The minimum Gasteiger partial charge on any atom is -0.457 e. The lowest BCUT2D eigenvalue weighted by molar-refractivity contribution is -0.287. The molecule has 1 aliphatic heterocycles. The first kappa shape index (κ1) is 23.3. The molecule has 1 fully saturated rings. The second-order valence-electron chi connectivity index (χ2n) is 8.04. The number of nitrogens with one attached hydrogen (secondary N) is 2. The molecule has 3 atom stereocenters. The number of benzene rings is 3. The quantitative estimate of drug-likeness (QED) is 0.464. The summed E-state index contributed by atoms with van der Waals surface area (Å²) in [5.41, 5.74) is -2.85. The minimum atomic E-state index is -5.33. The summed E-state index contributed by atoms with van der Waals surface area (Å²) in [6.07, 6.45) is -5.33. The molecular weight excluding hydrogens is 449 g/mol. The molecule has 3 unspecified atom stereocenters. The van der Waals surface area contributed by atoms with Gasteiger partial charge in [-0.15, -0.1) is 0 Å². The van der Waals surface area contributed by atoms with E-state index < -0.39 is 35.7 Å². The first-order chi connectivity index (χ1) is 16.1. The number of hydrogen-bond donors (Lipinski definition) is 3. The average Bonchev–Trinajstić information content (AvgIpc) is 2.79. The normalized spacial score (nSPS) is 22.4. The third-order valence-electron chi connectivity index (χ3n) is 5.62. The standard InChI is InChI=1S/C25H21F3N2O4/c1-15-10-12-16(13-11-15)22(31)20-21(29-23(32)30-24(20,33)25(26,27)28)17-6-5-9-19(14-17)34-18-7-3-2-4-8-18/h2-14,20-21,33H,1H3,(H2,29,30,32). The van der Waals surface area contributed by atoms with Crippen molar-refractivity contribution in [2.24, 2.45) is 5.92 Å². The van der Waals surface area contributed by atoms with E-state index >= 15 is 0 Å². The van der Waals surface area contributed by atoms with E-state index in [2.05, 4.69) is 5.32 Å².